The molecule has 4 nitrogen and oxygen atoms in total. The summed E-state index contributed by atoms with van der Waals surface area (Å²) >= 11 is 5.51. The van der Waals surface area contributed by atoms with Crippen LogP contribution in [0.2, 0.25) is 0 Å². The van der Waals surface area contributed by atoms with Gasteiger partial charge in [-0.05, 0) is 25.0 Å². The van der Waals surface area contributed by atoms with E-state index in [1.807, 2.05) is 48.2 Å². The van der Waals surface area contributed by atoms with E-state index in [1.165, 1.54) is 0 Å². The van der Waals surface area contributed by atoms with Crippen LogP contribution in [-0.2, 0) is 19.1 Å². The maximum atomic E-state index is 11.8. The average molecular weight is 531 g/mol. The summed E-state index contributed by atoms with van der Waals surface area (Å²) in [7, 11) is 0. The van der Waals surface area contributed by atoms with Gasteiger partial charge < -0.3 is 9.47 Å². The highest BCUT2D eigenvalue weighted by atomic mass is 32.2. The number of hydrogen-bond acceptors (Lipinski definition) is 7. The lowest BCUT2D eigenvalue weighted by molar-refractivity contribution is -0.139. The molecule has 0 amide bonds. The van der Waals surface area contributed by atoms with Crippen LogP contribution in [0.25, 0.3) is 0 Å². The summed E-state index contributed by atoms with van der Waals surface area (Å²) < 4.78 is 10.9. The van der Waals surface area contributed by atoms with Crippen molar-refractivity contribution in [2.45, 2.75) is 24.3 Å². The minimum atomic E-state index is -0.347. The molecule has 0 N–H and O–H groups in total. The van der Waals surface area contributed by atoms with Crippen LogP contribution in [0, 0.1) is 0 Å². The number of carbonyl (C=O) groups excluding carboxylic acids is 2. The number of rotatable bonds is 16. The molecule has 2 rings (SSSR count). The van der Waals surface area contributed by atoms with E-state index in [0.29, 0.717) is 24.4 Å². The molecule has 0 spiro atoms. The second-order valence-electron chi connectivity index (χ2n) is 7.91. The van der Waals surface area contributed by atoms with Crippen LogP contribution in [0.1, 0.15) is 35.5 Å². The fourth-order valence-corrected chi connectivity index (χ4v) is 6.48. The van der Waals surface area contributed by atoms with Gasteiger partial charge in [-0.15, -0.1) is 23.5 Å². The Kier molecular flexibility index (Phi) is 13.8. The molecule has 0 fully saturated rings. The molecule has 0 aliphatic heterocycles. The lowest BCUT2D eigenvalue weighted by Crippen LogP contribution is -2.12. The standard InChI is InChI=1S/C28H34O4S3/c1-21(2)27(29)31-19-25(23-11-7-5-8-12-23)34-17-15-33-16-18-35-26(20-32-28(30)22(3)4)24-13-9-6-10-14-24/h5-14,25-26H,1,3,15-20H2,2,4H3. The third-order valence-corrected chi connectivity index (χ3v) is 8.87. The fourth-order valence-electron chi connectivity index (χ4n) is 2.97. The Morgan fingerprint density at radius 2 is 1.06 bits per heavy atom. The molecule has 0 aliphatic carbocycles. The number of carbonyl (C=O) groups is 2. The maximum Gasteiger partial charge on any atom is 0.333 e. The van der Waals surface area contributed by atoms with Gasteiger partial charge in [-0.25, -0.2) is 9.59 Å². The Hall–Kier alpha value is -2.09. The first-order chi connectivity index (χ1) is 16.9. The van der Waals surface area contributed by atoms with Gasteiger partial charge in [0, 0.05) is 34.2 Å². The minimum absolute atomic E-state index is 0.0972. The molecular weight excluding hydrogens is 497 g/mol. The normalized spacial score (nSPS) is 12.4. The third kappa shape index (κ3) is 11.5. The Morgan fingerprint density at radius 1 is 0.686 bits per heavy atom. The Morgan fingerprint density at radius 3 is 1.40 bits per heavy atom. The second kappa shape index (κ2) is 16.6. The average Bonchev–Trinajstić information content (AvgIpc) is 2.87. The van der Waals surface area contributed by atoms with Crippen molar-refractivity contribution in [1.82, 2.24) is 0 Å². The summed E-state index contributed by atoms with van der Waals surface area (Å²) in [6, 6.07) is 20.3. The molecule has 35 heavy (non-hydrogen) atoms. The van der Waals surface area contributed by atoms with Crippen molar-refractivity contribution >= 4 is 47.2 Å². The number of benzene rings is 2. The molecular formula is C28H34O4S3. The highest BCUT2D eigenvalue weighted by molar-refractivity contribution is 8.04. The Balaban J connectivity index is 1.76. The predicted molar refractivity (Wildman–Crippen MR) is 152 cm³/mol. The lowest BCUT2D eigenvalue weighted by atomic mass is 10.1. The first kappa shape index (κ1) is 29.1. The van der Waals surface area contributed by atoms with Crippen LogP contribution in [0.15, 0.2) is 85.0 Å². The number of ether oxygens (including phenoxy) is 2. The molecule has 2 atom stereocenters. The molecule has 0 aromatic heterocycles. The van der Waals surface area contributed by atoms with E-state index in [-0.39, 0.29) is 22.4 Å². The number of thioether (sulfide) groups is 3. The van der Waals surface area contributed by atoms with Crippen LogP contribution >= 0.6 is 35.3 Å². The molecule has 0 heterocycles. The monoisotopic (exact) mass is 530 g/mol. The van der Waals surface area contributed by atoms with Gasteiger partial charge in [-0.1, -0.05) is 73.8 Å². The van der Waals surface area contributed by atoms with Crippen molar-refractivity contribution in [3.8, 4) is 0 Å². The highest BCUT2D eigenvalue weighted by Gasteiger charge is 2.16. The lowest BCUT2D eigenvalue weighted by Gasteiger charge is -2.18. The first-order valence-corrected chi connectivity index (χ1v) is 14.7. The van der Waals surface area contributed by atoms with Crippen molar-refractivity contribution in [1.29, 1.82) is 0 Å². The van der Waals surface area contributed by atoms with Gasteiger partial charge in [-0.3, -0.25) is 0 Å². The van der Waals surface area contributed by atoms with E-state index in [9.17, 15) is 9.59 Å². The van der Waals surface area contributed by atoms with Gasteiger partial charge in [0.1, 0.15) is 13.2 Å². The second-order valence-corrected chi connectivity index (χ2v) is 11.8. The molecule has 0 saturated carbocycles. The van der Waals surface area contributed by atoms with Gasteiger partial charge in [-0.2, -0.15) is 11.8 Å². The van der Waals surface area contributed by atoms with Gasteiger partial charge in [0.25, 0.3) is 0 Å². The summed E-state index contributed by atoms with van der Waals surface area (Å²) in [5.74, 6) is 3.22. The summed E-state index contributed by atoms with van der Waals surface area (Å²) in [4.78, 5) is 23.7. The molecule has 0 aliphatic rings. The van der Waals surface area contributed by atoms with Crippen LogP contribution in [0.4, 0.5) is 0 Å². The zero-order valence-corrected chi connectivity index (χ0v) is 22.9. The Bertz CT molecular complexity index is 870. The molecule has 2 aromatic carbocycles. The van der Waals surface area contributed by atoms with E-state index < -0.39 is 0 Å². The van der Waals surface area contributed by atoms with Crippen LogP contribution in [0.5, 0.6) is 0 Å². The van der Waals surface area contributed by atoms with E-state index >= 15 is 0 Å². The number of hydrogen-bond donors (Lipinski definition) is 0. The highest BCUT2D eigenvalue weighted by Crippen LogP contribution is 2.32. The van der Waals surface area contributed by atoms with Crippen molar-refractivity contribution in [3.63, 3.8) is 0 Å². The fraction of sp³-hybridized carbons (Fsp3) is 0.357. The van der Waals surface area contributed by atoms with E-state index in [4.69, 9.17) is 9.47 Å². The molecule has 0 radical (unpaired) electrons. The van der Waals surface area contributed by atoms with E-state index in [1.54, 1.807) is 37.4 Å². The van der Waals surface area contributed by atoms with Crippen LogP contribution in [0.3, 0.4) is 0 Å². The minimum Gasteiger partial charge on any atom is -0.461 e. The molecule has 7 heteroatoms. The van der Waals surface area contributed by atoms with Gasteiger partial charge in [0.05, 0.1) is 10.5 Å². The smallest absolute Gasteiger partial charge is 0.333 e. The van der Waals surface area contributed by atoms with E-state index in [0.717, 1.165) is 34.1 Å². The SMILES string of the molecule is C=C(C)C(=O)OCC(SCCSCCSC(COC(=O)C(=C)C)c1ccccc1)c1ccccc1. The summed E-state index contributed by atoms with van der Waals surface area (Å²) in [5.41, 5.74) is 3.14. The maximum absolute atomic E-state index is 11.8. The molecule has 0 bridgehead atoms. The van der Waals surface area contributed by atoms with Gasteiger partial charge in [0.2, 0.25) is 0 Å². The van der Waals surface area contributed by atoms with Gasteiger partial charge in [0.15, 0.2) is 0 Å². The molecule has 0 saturated heterocycles. The predicted octanol–water partition coefficient (Wildman–Crippen LogP) is 6.91. The Labute approximate surface area is 222 Å². The summed E-state index contributed by atoms with van der Waals surface area (Å²) in [6.45, 7) is 11.3. The number of esters is 2. The van der Waals surface area contributed by atoms with Crippen molar-refractivity contribution in [3.05, 3.63) is 96.1 Å². The van der Waals surface area contributed by atoms with Gasteiger partial charge >= 0.3 is 11.9 Å². The van der Waals surface area contributed by atoms with Crippen molar-refractivity contribution in [2.24, 2.45) is 0 Å². The zero-order valence-electron chi connectivity index (χ0n) is 20.4. The van der Waals surface area contributed by atoms with Crippen LogP contribution < -0.4 is 0 Å². The largest absolute Gasteiger partial charge is 0.461 e. The third-order valence-electron chi connectivity index (χ3n) is 4.86. The quantitative estimate of drug-likeness (QED) is 0.133. The molecule has 2 unspecified atom stereocenters. The summed E-state index contributed by atoms with van der Waals surface area (Å²) in [6.07, 6.45) is 0. The van der Waals surface area contributed by atoms with Crippen LogP contribution in [-0.4, -0.2) is 48.2 Å². The van der Waals surface area contributed by atoms with Crippen molar-refractivity contribution in [2.75, 3.05) is 36.2 Å². The van der Waals surface area contributed by atoms with Crippen molar-refractivity contribution < 1.29 is 19.1 Å². The zero-order chi connectivity index (χ0) is 25.5. The molecule has 188 valence electrons. The van der Waals surface area contributed by atoms with E-state index in [2.05, 4.69) is 37.4 Å². The molecule has 2 aromatic rings. The topological polar surface area (TPSA) is 52.6 Å². The first-order valence-electron chi connectivity index (χ1n) is 11.4. The summed E-state index contributed by atoms with van der Waals surface area (Å²) in [5, 5.41) is 0.194.